The maximum atomic E-state index is 13.1. The number of anilines is 1. The number of H-pyrrole nitrogens is 1. The number of hydrogen-bond acceptors (Lipinski definition) is 6. The van der Waals surface area contributed by atoms with E-state index in [1.165, 1.54) is 18.5 Å². The molecule has 9 nitrogen and oxygen atoms in total. The second-order valence-electron chi connectivity index (χ2n) is 9.44. The molecule has 4 aromatic rings. The van der Waals surface area contributed by atoms with Crippen LogP contribution in [-0.2, 0) is 0 Å². The summed E-state index contributed by atoms with van der Waals surface area (Å²) in [6, 6.07) is 17.0. The third-order valence-corrected chi connectivity index (χ3v) is 6.84. The molecule has 200 valence electrons. The van der Waals surface area contributed by atoms with Crippen LogP contribution < -0.4 is 15.0 Å². The summed E-state index contributed by atoms with van der Waals surface area (Å²) in [4.78, 5) is 29.3. The lowest BCUT2D eigenvalue weighted by atomic mass is 10.1. The highest BCUT2D eigenvalue weighted by Crippen LogP contribution is 2.30. The van der Waals surface area contributed by atoms with Crippen molar-refractivity contribution >= 4 is 22.9 Å². The number of halogens is 2. The maximum Gasteiger partial charge on any atom is 0.387 e. The van der Waals surface area contributed by atoms with Crippen molar-refractivity contribution in [2.24, 2.45) is 0 Å². The van der Waals surface area contributed by atoms with Gasteiger partial charge >= 0.3 is 12.6 Å². The van der Waals surface area contributed by atoms with Crippen LogP contribution >= 0.6 is 0 Å². The Morgan fingerprint density at radius 1 is 1.18 bits per heavy atom. The zero-order valence-corrected chi connectivity index (χ0v) is 21.4. The summed E-state index contributed by atoms with van der Waals surface area (Å²) in [6.45, 7) is 2.50. The van der Waals surface area contributed by atoms with E-state index in [1.54, 1.807) is 36.1 Å². The molecule has 1 fully saturated rings. The Balaban J connectivity index is 1.27. The first-order valence-electron chi connectivity index (χ1n) is 12.5. The van der Waals surface area contributed by atoms with Crippen LogP contribution in [-0.4, -0.2) is 58.2 Å². The zero-order chi connectivity index (χ0) is 27.5. The van der Waals surface area contributed by atoms with Crippen molar-refractivity contribution in [1.29, 1.82) is 5.26 Å². The van der Waals surface area contributed by atoms with Gasteiger partial charge in [0, 0.05) is 31.4 Å². The minimum absolute atomic E-state index is 0.0499. The number of urea groups is 1. The number of nitrogens with one attached hydrogen (secondary N) is 2. The van der Waals surface area contributed by atoms with Crippen LogP contribution in [0.25, 0.3) is 22.3 Å². The quantitative estimate of drug-likeness (QED) is 0.359. The molecule has 2 N–H and O–H groups in total. The number of ether oxygens (including phenoxy) is 1. The number of amides is 2. The minimum Gasteiger partial charge on any atom is -0.435 e. The lowest BCUT2D eigenvalue weighted by Gasteiger charge is -2.40. The van der Waals surface area contributed by atoms with E-state index in [4.69, 9.17) is 5.26 Å². The number of carbonyl (C=O) groups excluding carboxylic acids is 1. The molecule has 0 aliphatic carbocycles. The van der Waals surface area contributed by atoms with Crippen molar-refractivity contribution < 1.29 is 18.3 Å². The van der Waals surface area contributed by atoms with Gasteiger partial charge in [-0.05, 0) is 55.3 Å². The Bertz CT molecular complexity index is 1520. The average Bonchev–Trinajstić information content (AvgIpc) is 3.37. The van der Waals surface area contributed by atoms with Crippen LogP contribution in [0.5, 0.6) is 5.75 Å². The van der Waals surface area contributed by atoms with Crippen LogP contribution in [0.15, 0.2) is 60.9 Å². The van der Waals surface area contributed by atoms with Gasteiger partial charge in [0.05, 0.1) is 23.1 Å². The van der Waals surface area contributed by atoms with E-state index >= 15 is 0 Å². The highest BCUT2D eigenvalue weighted by atomic mass is 19.3. The van der Waals surface area contributed by atoms with Crippen LogP contribution in [0.4, 0.5) is 19.4 Å². The SMILES string of the molecule is C[C@H](NC(=O)N1CCN(c2ncnc3[nH]c(-c4ccc(C#N)cc4)cc23)C[C@H]1C)c1cccc(OC(F)F)c1. The third kappa shape index (κ3) is 5.60. The molecule has 0 radical (unpaired) electrons. The van der Waals surface area contributed by atoms with Gasteiger partial charge in [0.2, 0.25) is 0 Å². The molecule has 11 heteroatoms. The Morgan fingerprint density at radius 2 is 1.97 bits per heavy atom. The number of fused-ring (bicyclic) bond motifs is 1. The second-order valence-corrected chi connectivity index (χ2v) is 9.44. The predicted molar refractivity (Wildman–Crippen MR) is 142 cm³/mol. The summed E-state index contributed by atoms with van der Waals surface area (Å²) >= 11 is 0. The maximum absolute atomic E-state index is 13.1. The molecular weight excluding hydrogens is 504 g/mol. The molecule has 1 saturated heterocycles. The number of carbonyl (C=O) groups is 1. The lowest BCUT2D eigenvalue weighted by Crippen LogP contribution is -2.57. The number of piperazine rings is 1. The molecule has 2 atom stereocenters. The Kier molecular flexibility index (Phi) is 7.27. The molecule has 0 saturated carbocycles. The first-order valence-corrected chi connectivity index (χ1v) is 12.5. The fourth-order valence-electron chi connectivity index (χ4n) is 4.82. The Labute approximate surface area is 224 Å². The molecule has 5 rings (SSSR count). The van der Waals surface area contributed by atoms with E-state index in [1.807, 2.05) is 25.1 Å². The second kappa shape index (κ2) is 10.9. The predicted octanol–water partition coefficient (Wildman–Crippen LogP) is 5.08. The number of nitrogens with zero attached hydrogens (tertiary/aromatic N) is 5. The topological polar surface area (TPSA) is 110 Å². The standard InChI is InChI=1S/C28H27F2N7O2/c1-17-15-36(10-11-37(17)28(38)34-18(2)21-4-3-5-22(12-21)39-27(29)30)26-23-13-24(35-25(23)32-16-33-26)20-8-6-19(14-31)7-9-20/h3-9,12-13,16-18,27H,10-11,15H2,1-2H3,(H,34,38)(H,32,33,35)/t17-,18+/m1/s1. The molecule has 1 aliphatic heterocycles. The van der Waals surface area contributed by atoms with Gasteiger partial charge in [-0.2, -0.15) is 14.0 Å². The number of rotatable bonds is 6. The smallest absolute Gasteiger partial charge is 0.387 e. The third-order valence-electron chi connectivity index (χ3n) is 6.84. The van der Waals surface area contributed by atoms with Gasteiger partial charge < -0.3 is 24.8 Å². The largest absolute Gasteiger partial charge is 0.435 e. The number of nitriles is 1. The monoisotopic (exact) mass is 531 g/mol. The van der Waals surface area contributed by atoms with E-state index in [0.29, 0.717) is 36.4 Å². The number of alkyl halides is 2. The average molecular weight is 532 g/mol. The van der Waals surface area contributed by atoms with E-state index in [0.717, 1.165) is 22.5 Å². The molecular formula is C28H27F2N7O2. The lowest BCUT2D eigenvalue weighted by molar-refractivity contribution is -0.0499. The number of hydrogen-bond donors (Lipinski definition) is 2. The molecule has 0 bridgehead atoms. The van der Waals surface area contributed by atoms with Crippen molar-refractivity contribution in [2.75, 3.05) is 24.5 Å². The summed E-state index contributed by atoms with van der Waals surface area (Å²) in [5.41, 5.74) is 3.78. The number of aromatic nitrogens is 3. The summed E-state index contributed by atoms with van der Waals surface area (Å²) in [7, 11) is 0. The van der Waals surface area contributed by atoms with Crippen molar-refractivity contribution in [3.8, 4) is 23.1 Å². The minimum atomic E-state index is -2.91. The summed E-state index contributed by atoms with van der Waals surface area (Å²) in [5, 5.41) is 12.9. The van der Waals surface area contributed by atoms with Crippen LogP contribution in [0, 0.1) is 11.3 Å². The summed E-state index contributed by atoms with van der Waals surface area (Å²) in [6.07, 6.45) is 1.52. The molecule has 2 amide bonds. The first kappa shape index (κ1) is 25.9. The van der Waals surface area contributed by atoms with Crippen LogP contribution in [0.2, 0.25) is 0 Å². The first-order chi connectivity index (χ1) is 18.8. The van der Waals surface area contributed by atoms with Crippen LogP contribution in [0.1, 0.15) is 31.0 Å². The number of benzene rings is 2. The van der Waals surface area contributed by atoms with Gasteiger partial charge in [-0.25, -0.2) is 14.8 Å². The fourth-order valence-corrected chi connectivity index (χ4v) is 4.82. The number of aromatic amines is 1. The molecule has 1 aliphatic rings. The Hall–Kier alpha value is -4.72. The molecule has 3 heterocycles. The normalized spacial score (nSPS) is 16.3. The summed E-state index contributed by atoms with van der Waals surface area (Å²) < 4.78 is 29.6. The van der Waals surface area contributed by atoms with Crippen molar-refractivity contribution in [3.63, 3.8) is 0 Å². The highest BCUT2D eigenvalue weighted by molar-refractivity contribution is 5.92. The van der Waals surface area contributed by atoms with E-state index in [2.05, 4.69) is 36.0 Å². The van der Waals surface area contributed by atoms with Crippen molar-refractivity contribution in [3.05, 3.63) is 72.1 Å². The zero-order valence-electron chi connectivity index (χ0n) is 21.4. The van der Waals surface area contributed by atoms with Crippen molar-refractivity contribution in [1.82, 2.24) is 25.2 Å². The van der Waals surface area contributed by atoms with Gasteiger partial charge in [0.15, 0.2) is 0 Å². The van der Waals surface area contributed by atoms with Gasteiger partial charge in [0.1, 0.15) is 23.5 Å². The molecule has 0 unspecified atom stereocenters. The van der Waals surface area contributed by atoms with Gasteiger partial charge in [-0.15, -0.1) is 0 Å². The van der Waals surface area contributed by atoms with Gasteiger partial charge in [-0.1, -0.05) is 24.3 Å². The highest BCUT2D eigenvalue weighted by Gasteiger charge is 2.30. The molecule has 2 aromatic heterocycles. The van der Waals surface area contributed by atoms with Crippen molar-refractivity contribution in [2.45, 2.75) is 32.5 Å². The van der Waals surface area contributed by atoms with Crippen LogP contribution in [0.3, 0.4) is 0 Å². The Morgan fingerprint density at radius 3 is 2.69 bits per heavy atom. The van der Waals surface area contributed by atoms with E-state index in [9.17, 15) is 13.6 Å². The molecule has 2 aromatic carbocycles. The van der Waals surface area contributed by atoms with Gasteiger partial charge in [-0.3, -0.25) is 0 Å². The van der Waals surface area contributed by atoms with Gasteiger partial charge in [0.25, 0.3) is 0 Å². The fraction of sp³-hybridized carbons (Fsp3) is 0.286. The summed E-state index contributed by atoms with van der Waals surface area (Å²) in [5.74, 6) is 0.834. The molecule has 39 heavy (non-hydrogen) atoms. The molecule has 0 spiro atoms. The van der Waals surface area contributed by atoms with E-state index in [-0.39, 0.29) is 17.8 Å². The van der Waals surface area contributed by atoms with E-state index < -0.39 is 12.7 Å².